The largest absolute Gasteiger partial charge is 0.460 e. The summed E-state index contributed by atoms with van der Waals surface area (Å²) in [5.74, 6) is 1.13. The monoisotopic (exact) mass is 282 g/mol. The van der Waals surface area contributed by atoms with Crippen LogP contribution in [0.25, 0.3) is 0 Å². The average molecular weight is 282 g/mol. The molecule has 2 bridgehead atoms. The van der Waals surface area contributed by atoms with E-state index in [4.69, 9.17) is 9.47 Å². The van der Waals surface area contributed by atoms with Gasteiger partial charge in [0.25, 0.3) is 0 Å². The molecule has 0 saturated heterocycles. The molecule has 0 heterocycles. The summed E-state index contributed by atoms with van der Waals surface area (Å²) < 4.78 is 10.7. The first-order valence-corrected chi connectivity index (χ1v) is 7.38. The van der Waals surface area contributed by atoms with Crippen LogP contribution in [0.5, 0.6) is 0 Å². The Morgan fingerprint density at radius 3 is 2.75 bits per heavy atom. The van der Waals surface area contributed by atoms with Crippen LogP contribution in [0.4, 0.5) is 0 Å². The molecule has 0 aliphatic heterocycles. The highest BCUT2D eigenvalue weighted by molar-refractivity contribution is 5.81. The lowest BCUT2D eigenvalue weighted by atomic mass is 9.79. The fourth-order valence-electron chi connectivity index (χ4n) is 4.60. The van der Waals surface area contributed by atoms with Gasteiger partial charge >= 0.3 is 5.97 Å². The van der Waals surface area contributed by atoms with Gasteiger partial charge in [0.05, 0.1) is 24.9 Å². The number of fused-ring (bicyclic) bond motifs is 5. The van der Waals surface area contributed by atoms with Crippen LogP contribution in [-0.4, -0.2) is 47.7 Å². The fourth-order valence-corrected chi connectivity index (χ4v) is 4.60. The predicted molar refractivity (Wildman–Crippen MR) is 70.7 cm³/mol. The van der Waals surface area contributed by atoms with Gasteiger partial charge in [0, 0.05) is 6.08 Å². The summed E-state index contributed by atoms with van der Waals surface area (Å²) in [6.07, 6.45) is 2.94. The number of rotatable bonds is 5. The number of aliphatic hydroxyl groups excluding tert-OH is 2. The van der Waals surface area contributed by atoms with Crippen molar-refractivity contribution >= 4 is 5.97 Å². The molecule has 20 heavy (non-hydrogen) atoms. The molecule has 0 radical (unpaired) electrons. The number of ether oxygens (including phenoxy) is 2. The first-order chi connectivity index (χ1) is 9.61. The average Bonchev–Trinajstić information content (AvgIpc) is 3.07. The lowest BCUT2D eigenvalue weighted by molar-refractivity contribution is -0.140. The molecular formula is C15H22O5. The minimum absolute atomic E-state index is 0.182. The molecule has 2 N–H and O–H groups in total. The lowest BCUT2D eigenvalue weighted by Gasteiger charge is -2.32. The number of hydrogen-bond acceptors (Lipinski definition) is 5. The first-order valence-electron chi connectivity index (χ1n) is 7.38. The molecule has 0 aromatic heterocycles. The van der Waals surface area contributed by atoms with Crippen molar-refractivity contribution in [2.75, 3.05) is 13.2 Å². The molecule has 3 aliphatic carbocycles. The van der Waals surface area contributed by atoms with Crippen molar-refractivity contribution in [3.63, 3.8) is 0 Å². The Morgan fingerprint density at radius 2 is 2.00 bits per heavy atom. The normalized spacial score (nSPS) is 45.4. The van der Waals surface area contributed by atoms with Crippen molar-refractivity contribution in [3.8, 4) is 0 Å². The molecule has 0 amide bonds. The Bertz CT molecular complexity index is 396. The van der Waals surface area contributed by atoms with E-state index in [1.807, 2.05) is 0 Å². The third kappa shape index (κ3) is 2.28. The molecule has 0 spiro atoms. The third-order valence-corrected chi connectivity index (χ3v) is 5.30. The van der Waals surface area contributed by atoms with Gasteiger partial charge in [-0.1, -0.05) is 6.58 Å². The summed E-state index contributed by atoms with van der Waals surface area (Å²) in [6.45, 7) is 3.98. The van der Waals surface area contributed by atoms with Gasteiger partial charge in [-0.15, -0.1) is 0 Å². The summed E-state index contributed by atoms with van der Waals surface area (Å²) in [5.41, 5.74) is 0. The Balaban J connectivity index is 1.48. The molecule has 7 unspecified atom stereocenters. The number of carbonyl (C=O) groups is 1. The zero-order valence-corrected chi connectivity index (χ0v) is 11.5. The second-order valence-electron chi connectivity index (χ2n) is 6.21. The van der Waals surface area contributed by atoms with Crippen molar-refractivity contribution in [3.05, 3.63) is 12.7 Å². The number of aliphatic hydroxyl groups is 2. The van der Waals surface area contributed by atoms with E-state index in [1.165, 1.54) is 0 Å². The van der Waals surface area contributed by atoms with E-state index in [9.17, 15) is 15.0 Å². The van der Waals surface area contributed by atoms with Crippen molar-refractivity contribution in [2.24, 2.45) is 23.7 Å². The third-order valence-electron chi connectivity index (χ3n) is 5.30. The smallest absolute Gasteiger partial charge is 0.330 e. The van der Waals surface area contributed by atoms with E-state index in [1.54, 1.807) is 0 Å². The SMILES string of the molecule is C=CC(=O)OCCOC1CC2CC1C1CC(O)C(O)C21. The first kappa shape index (κ1) is 14.0. The maximum atomic E-state index is 10.9. The second-order valence-corrected chi connectivity index (χ2v) is 6.21. The molecule has 5 heteroatoms. The molecule has 3 rings (SSSR count). The van der Waals surface area contributed by atoms with Gasteiger partial charge < -0.3 is 19.7 Å². The molecule has 5 nitrogen and oxygen atoms in total. The quantitative estimate of drug-likeness (QED) is 0.436. The molecule has 3 saturated carbocycles. The second kappa shape index (κ2) is 5.47. The fraction of sp³-hybridized carbons (Fsp3) is 0.800. The molecule has 7 atom stereocenters. The van der Waals surface area contributed by atoms with Crippen LogP contribution in [-0.2, 0) is 14.3 Å². The van der Waals surface area contributed by atoms with E-state index in [2.05, 4.69) is 6.58 Å². The zero-order valence-electron chi connectivity index (χ0n) is 11.5. The highest BCUT2D eigenvalue weighted by atomic mass is 16.6. The van der Waals surface area contributed by atoms with Crippen LogP contribution < -0.4 is 0 Å². The predicted octanol–water partition coefficient (Wildman–Crippen LogP) is 0.498. The van der Waals surface area contributed by atoms with Gasteiger partial charge in [-0.25, -0.2) is 4.79 Å². The zero-order chi connectivity index (χ0) is 14.3. The highest BCUT2D eigenvalue weighted by Crippen LogP contribution is 2.59. The van der Waals surface area contributed by atoms with Crippen LogP contribution >= 0.6 is 0 Å². The van der Waals surface area contributed by atoms with Crippen molar-refractivity contribution < 1.29 is 24.5 Å². The molecule has 112 valence electrons. The topological polar surface area (TPSA) is 76.0 Å². The number of hydrogen-bond donors (Lipinski definition) is 2. The highest BCUT2D eigenvalue weighted by Gasteiger charge is 2.59. The van der Waals surface area contributed by atoms with Crippen LogP contribution in [0, 0.1) is 23.7 Å². The van der Waals surface area contributed by atoms with Crippen LogP contribution in [0.3, 0.4) is 0 Å². The minimum atomic E-state index is -0.567. The summed E-state index contributed by atoms with van der Waals surface area (Å²) in [5, 5.41) is 19.8. The molecule has 0 aromatic carbocycles. The van der Waals surface area contributed by atoms with Crippen molar-refractivity contribution in [1.29, 1.82) is 0 Å². The molecule has 0 aromatic rings. The summed E-state index contributed by atoms with van der Waals surface area (Å²) >= 11 is 0. The maximum Gasteiger partial charge on any atom is 0.330 e. The van der Waals surface area contributed by atoms with E-state index >= 15 is 0 Å². The Labute approximate surface area is 118 Å². The van der Waals surface area contributed by atoms with Crippen LogP contribution in [0.15, 0.2) is 12.7 Å². The molecule has 3 aliphatic rings. The Morgan fingerprint density at radius 1 is 1.20 bits per heavy atom. The van der Waals surface area contributed by atoms with Gasteiger partial charge in [-0.05, 0) is 42.9 Å². The summed E-state index contributed by atoms with van der Waals surface area (Å²) in [6, 6.07) is 0. The summed E-state index contributed by atoms with van der Waals surface area (Å²) in [7, 11) is 0. The molecular weight excluding hydrogens is 260 g/mol. The Hall–Kier alpha value is -0.910. The minimum Gasteiger partial charge on any atom is -0.460 e. The van der Waals surface area contributed by atoms with Gasteiger partial charge in [0.15, 0.2) is 0 Å². The lowest BCUT2D eigenvalue weighted by Crippen LogP contribution is -2.35. The van der Waals surface area contributed by atoms with E-state index < -0.39 is 18.2 Å². The van der Waals surface area contributed by atoms with Gasteiger partial charge in [0.2, 0.25) is 0 Å². The van der Waals surface area contributed by atoms with Crippen LogP contribution in [0.2, 0.25) is 0 Å². The van der Waals surface area contributed by atoms with E-state index in [0.29, 0.717) is 30.8 Å². The van der Waals surface area contributed by atoms with Crippen molar-refractivity contribution in [2.45, 2.75) is 37.6 Å². The van der Waals surface area contributed by atoms with E-state index in [0.717, 1.165) is 18.9 Å². The van der Waals surface area contributed by atoms with Crippen molar-refractivity contribution in [1.82, 2.24) is 0 Å². The summed E-state index contributed by atoms with van der Waals surface area (Å²) in [4.78, 5) is 10.9. The Kier molecular flexibility index (Phi) is 3.84. The number of carbonyl (C=O) groups excluding carboxylic acids is 1. The van der Waals surface area contributed by atoms with Gasteiger partial charge in [-0.3, -0.25) is 0 Å². The standard InChI is InChI=1S/C15H22O5/c1-2-13(17)20-4-3-19-12-6-8-5-9(12)10-7-11(16)15(18)14(8)10/h2,8-12,14-16,18H,1,3-7H2. The van der Waals surface area contributed by atoms with E-state index in [-0.39, 0.29) is 18.6 Å². The van der Waals surface area contributed by atoms with Gasteiger partial charge in [-0.2, -0.15) is 0 Å². The van der Waals surface area contributed by atoms with Gasteiger partial charge in [0.1, 0.15) is 6.61 Å². The maximum absolute atomic E-state index is 10.9. The van der Waals surface area contributed by atoms with Crippen LogP contribution in [0.1, 0.15) is 19.3 Å². The molecule has 3 fully saturated rings. The number of esters is 1.